The normalized spacial score (nSPS) is 17.9. The molecule has 5 heteroatoms. The van der Waals surface area contributed by atoms with Gasteiger partial charge in [0.05, 0.1) is 0 Å². The monoisotopic (exact) mass is 316 g/mol. The number of hydrogen-bond donors (Lipinski definition) is 0. The summed E-state index contributed by atoms with van der Waals surface area (Å²) in [5.74, 6) is 0.0574. The van der Waals surface area contributed by atoms with Crippen LogP contribution in [0.3, 0.4) is 0 Å². The van der Waals surface area contributed by atoms with E-state index in [4.69, 9.17) is 0 Å². The molecule has 1 saturated heterocycles. The van der Waals surface area contributed by atoms with Gasteiger partial charge in [-0.25, -0.2) is 0 Å². The standard InChI is InChI=1S/C17H20N2O2S/c1-13-12-22-17(21)19(13)11-16(20)18-9-5-8-15(18)10-14-6-3-2-4-7-14/h2-4,6-7,12,15H,5,8-11H2,1H3. The minimum atomic E-state index is -0.0512. The maximum Gasteiger partial charge on any atom is 0.307 e. The Morgan fingerprint density at radius 1 is 1.32 bits per heavy atom. The highest BCUT2D eigenvalue weighted by molar-refractivity contribution is 7.07. The van der Waals surface area contributed by atoms with Crippen molar-refractivity contribution in [2.24, 2.45) is 0 Å². The minimum absolute atomic E-state index is 0.0512. The van der Waals surface area contributed by atoms with Gasteiger partial charge in [0.2, 0.25) is 5.91 Å². The molecule has 1 amide bonds. The molecule has 2 heterocycles. The molecule has 2 aromatic rings. The SMILES string of the molecule is Cc1csc(=O)n1CC(=O)N1CCCC1Cc1ccccc1. The molecule has 1 aliphatic rings. The Morgan fingerprint density at radius 2 is 2.09 bits per heavy atom. The van der Waals surface area contributed by atoms with Gasteiger partial charge in [0.1, 0.15) is 6.54 Å². The Morgan fingerprint density at radius 3 is 2.77 bits per heavy atom. The first-order valence-corrected chi connectivity index (χ1v) is 8.51. The van der Waals surface area contributed by atoms with Crippen LogP contribution in [0.2, 0.25) is 0 Å². The summed E-state index contributed by atoms with van der Waals surface area (Å²) in [6.07, 6.45) is 2.98. The fourth-order valence-electron chi connectivity index (χ4n) is 3.08. The number of carbonyl (C=O) groups is 1. The minimum Gasteiger partial charge on any atom is -0.338 e. The number of nitrogens with zero attached hydrogens (tertiary/aromatic N) is 2. The molecule has 3 rings (SSSR count). The van der Waals surface area contributed by atoms with Gasteiger partial charge in [-0.1, -0.05) is 41.7 Å². The van der Waals surface area contributed by atoms with Crippen LogP contribution in [0.25, 0.3) is 0 Å². The van der Waals surface area contributed by atoms with Crippen LogP contribution in [0, 0.1) is 6.92 Å². The number of amides is 1. The van der Waals surface area contributed by atoms with E-state index in [1.807, 2.05) is 30.0 Å². The first kappa shape index (κ1) is 15.0. The molecule has 0 spiro atoms. The summed E-state index contributed by atoms with van der Waals surface area (Å²) in [6.45, 7) is 2.84. The lowest BCUT2D eigenvalue weighted by atomic mass is 10.0. The van der Waals surface area contributed by atoms with E-state index in [1.54, 1.807) is 9.95 Å². The van der Waals surface area contributed by atoms with E-state index >= 15 is 0 Å². The predicted molar refractivity (Wildman–Crippen MR) is 88.2 cm³/mol. The van der Waals surface area contributed by atoms with E-state index in [0.717, 1.165) is 42.8 Å². The van der Waals surface area contributed by atoms with Crippen molar-refractivity contribution < 1.29 is 4.79 Å². The van der Waals surface area contributed by atoms with Crippen LogP contribution in [0.4, 0.5) is 0 Å². The third-order valence-electron chi connectivity index (χ3n) is 4.28. The number of carbonyl (C=O) groups excluding carboxylic acids is 1. The van der Waals surface area contributed by atoms with Crippen molar-refractivity contribution in [3.63, 3.8) is 0 Å². The summed E-state index contributed by atoms with van der Waals surface area (Å²) in [4.78, 5) is 26.3. The zero-order chi connectivity index (χ0) is 15.5. The number of aryl methyl sites for hydroxylation is 1. The van der Waals surface area contributed by atoms with Crippen molar-refractivity contribution in [1.82, 2.24) is 9.47 Å². The maximum absolute atomic E-state index is 12.6. The second-order valence-electron chi connectivity index (χ2n) is 5.80. The number of hydrogen-bond acceptors (Lipinski definition) is 3. The molecule has 4 nitrogen and oxygen atoms in total. The molecule has 116 valence electrons. The molecular weight excluding hydrogens is 296 g/mol. The topological polar surface area (TPSA) is 42.3 Å². The molecule has 0 bridgehead atoms. The summed E-state index contributed by atoms with van der Waals surface area (Å²) in [5.41, 5.74) is 2.12. The maximum atomic E-state index is 12.6. The lowest BCUT2D eigenvalue weighted by Gasteiger charge is -2.25. The highest BCUT2D eigenvalue weighted by Crippen LogP contribution is 2.21. The molecule has 0 N–H and O–H groups in total. The van der Waals surface area contributed by atoms with Gasteiger partial charge in [0, 0.05) is 23.7 Å². The van der Waals surface area contributed by atoms with Crippen LogP contribution in [0.15, 0.2) is 40.5 Å². The average Bonchev–Trinajstić information content (AvgIpc) is 3.10. The summed E-state index contributed by atoms with van der Waals surface area (Å²) in [5, 5.41) is 1.81. The third-order valence-corrected chi connectivity index (χ3v) is 5.16. The van der Waals surface area contributed by atoms with Gasteiger partial charge >= 0.3 is 4.87 Å². The predicted octanol–water partition coefficient (Wildman–Crippen LogP) is 2.45. The summed E-state index contributed by atoms with van der Waals surface area (Å²) < 4.78 is 1.57. The number of likely N-dealkylation sites (tertiary alicyclic amines) is 1. The Balaban J connectivity index is 1.70. The van der Waals surface area contributed by atoms with Crippen LogP contribution < -0.4 is 4.87 Å². The molecule has 1 fully saturated rings. The molecule has 0 radical (unpaired) electrons. The fraction of sp³-hybridized carbons (Fsp3) is 0.412. The fourth-order valence-corrected chi connectivity index (χ4v) is 3.82. The van der Waals surface area contributed by atoms with E-state index in [-0.39, 0.29) is 23.4 Å². The molecule has 1 unspecified atom stereocenters. The largest absolute Gasteiger partial charge is 0.338 e. The van der Waals surface area contributed by atoms with Crippen molar-refractivity contribution in [3.05, 3.63) is 56.6 Å². The Hall–Kier alpha value is -1.88. The van der Waals surface area contributed by atoms with Gasteiger partial charge in [-0.15, -0.1) is 0 Å². The zero-order valence-electron chi connectivity index (χ0n) is 12.7. The van der Waals surface area contributed by atoms with E-state index < -0.39 is 0 Å². The van der Waals surface area contributed by atoms with Crippen LogP contribution in [0.1, 0.15) is 24.1 Å². The second kappa shape index (κ2) is 6.48. The van der Waals surface area contributed by atoms with Crippen molar-refractivity contribution in [1.29, 1.82) is 0 Å². The first-order valence-electron chi connectivity index (χ1n) is 7.63. The van der Waals surface area contributed by atoms with Gasteiger partial charge < -0.3 is 4.90 Å². The van der Waals surface area contributed by atoms with Crippen LogP contribution >= 0.6 is 11.3 Å². The van der Waals surface area contributed by atoms with Gasteiger partial charge in [-0.2, -0.15) is 0 Å². The van der Waals surface area contributed by atoms with E-state index in [9.17, 15) is 9.59 Å². The van der Waals surface area contributed by atoms with Crippen LogP contribution in [-0.2, 0) is 17.8 Å². The number of aromatic nitrogens is 1. The molecule has 0 aliphatic carbocycles. The van der Waals surface area contributed by atoms with Crippen molar-refractivity contribution in [2.75, 3.05) is 6.54 Å². The highest BCUT2D eigenvalue weighted by Gasteiger charge is 2.29. The number of rotatable bonds is 4. The van der Waals surface area contributed by atoms with Crippen LogP contribution in [-0.4, -0.2) is 28.0 Å². The molecule has 1 aromatic heterocycles. The Labute approximate surface area is 134 Å². The highest BCUT2D eigenvalue weighted by atomic mass is 32.1. The number of benzene rings is 1. The molecule has 1 aromatic carbocycles. The molecule has 1 atom stereocenters. The quantitative estimate of drug-likeness (QED) is 0.869. The van der Waals surface area contributed by atoms with Gasteiger partial charge in [0.25, 0.3) is 0 Å². The van der Waals surface area contributed by atoms with Gasteiger partial charge in [-0.3, -0.25) is 14.2 Å². The van der Waals surface area contributed by atoms with Crippen molar-refractivity contribution >= 4 is 17.2 Å². The van der Waals surface area contributed by atoms with E-state index in [2.05, 4.69) is 12.1 Å². The smallest absolute Gasteiger partial charge is 0.307 e. The van der Waals surface area contributed by atoms with Crippen molar-refractivity contribution in [3.8, 4) is 0 Å². The van der Waals surface area contributed by atoms with Crippen LogP contribution in [0.5, 0.6) is 0 Å². The third kappa shape index (κ3) is 3.14. The Kier molecular flexibility index (Phi) is 4.43. The Bertz CT molecular complexity index is 705. The molecular formula is C17H20N2O2S. The second-order valence-corrected chi connectivity index (χ2v) is 6.62. The van der Waals surface area contributed by atoms with E-state index in [1.165, 1.54) is 5.56 Å². The van der Waals surface area contributed by atoms with Gasteiger partial charge in [0.15, 0.2) is 0 Å². The summed E-state index contributed by atoms with van der Waals surface area (Å²) >= 11 is 1.16. The van der Waals surface area contributed by atoms with E-state index in [0.29, 0.717) is 0 Å². The molecule has 1 aliphatic heterocycles. The average molecular weight is 316 g/mol. The number of thiazole rings is 1. The first-order chi connectivity index (χ1) is 10.6. The summed E-state index contributed by atoms with van der Waals surface area (Å²) in [6, 6.07) is 10.5. The summed E-state index contributed by atoms with van der Waals surface area (Å²) in [7, 11) is 0. The van der Waals surface area contributed by atoms with Crippen molar-refractivity contribution in [2.45, 2.75) is 38.8 Å². The lowest BCUT2D eigenvalue weighted by molar-refractivity contribution is -0.132. The lowest BCUT2D eigenvalue weighted by Crippen LogP contribution is -2.40. The van der Waals surface area contributed by atoms with Gasteiger partial charge in [-0.05, 0) is 31.7 Å². The zero-order valence-corrected chi connectivity index (χ0v) is 13.5. The molecule has 0 saturated carbocycles. The molecule has 22 heavy (non-hydrogen) atoms.